The Balaban J connectivity index is 1.83. The minimum atomic E-state index is 0.247. The average molecular weight is 236 g/mol. The molecule has 1 aromatic heterocycles. The van der Waals surface area contributed by atoms with E-state index in [9.17, 15) is 4.79 Å². The molecule has 0 radical (unpaired) electrons. The van der Waals surface area contributed by atoms with Crippen LogP contribution in [-0.2, 0) is 13.0 Å². The van der Waals surface area contributed by atoms with Crippen LogP contribution in [0.1, 0.15) is 33.0 Å². The summed E-state index contributed by atoms with van der Waals surface area (Å²) in [6.07, 6.45) is 3.41. The largest absolute Gasteiger partial charge is 0.338 e. The molecule has 4 heteroatoms. The highest BCUT2D eigenvalue weighted by molar-refractivity contribution is 7.14. The maximum absolute atomic E-state index is 12.2. The maximum Gasteiger partial charge on any atom is 0.263 e. The third-order valence-electron chi connectivity index (χ3n) is 3.34. The predicted molar refractivity (Wildman–Crippen MR) is 64.9 cm³/mol. The number of likely N-dealkylation sites (tertiary alicyclic amines) is 1. The van der Waals surface area contributed by atoms with Gasteiger partial charge in [0.15, 0.2) is 0 Å². The predicted octanol–water partition coefficient (Wildman–Crippen LogP) is 1.63. The summed E-state index contributed by atoms with van der Waals surface area (Å²) in [5, 5.41) is 3.34. The van der Waals surface area contributed by atoms with E-state index in [1.165, 1.54) is 23.3 Å². The van der Waals surface area contributed by atoms with Gasteiger partial charge in [-0.3, -0.25) is 4.79 Å². The van der Waals surface area contributed by atoms with E-state index >= 15 is 0 Å². The molecule has 0 bridgehead atoms. The van der Waals surface area contributed by atoms with Crippen LogP contribution in [-0.4, -0.2) is 30.4 Å². The van der Waals surface area contributed by atoms with Crippen molar-refractivity contribution in [1.29, 1.82) is 0 Å². The molecule has 1 N–H and O–H groups in total. The van der Waals surface area contributed by atoms with E-state index in [-0.39, 0.29) is 5.91 Å². The maximum atomic E-state index is 12.2. The van der Waals surface area contributed by atoms with Crippen LogP contribution in [0.15, 0.2) is 6.07 Å². The van der Waals surface area contributed by atoms with E-state index in [1.54, 1.807) is 11.3 Å². The Bertz CT molecular complexity index is 384. The Labute approximate surface area is 99.5 Å². The molecule has 1 aromatic rings. The van der Waals surface area contributed by atoms with Gasteiger partial charge < -0.3 is 10.2 Å². The summed E-state index contributed by atoms with van der Waals surface area (Å²) in [6, 6.07) is 2.09. The Kier molecular flexibility index (Phi) is 2.69. The van der Waals surface area contributed by atoms with Gasteiger partial charge in [0.25, 0.3) is 5.91 Å². The number of hydrogen-bond donors (Lipinski definition) is 1. The molecule has 1 amide bonds. The third-order valence-corrected chi connectivity index (χ3v) is 4.57. The number of rotatable bonds is 1. The molecule has 2 aliphatic rings. The van der Waals surface area contributed by atoms with Crippen molar-refractivity contribution < 1.29 is 4.79 Å². The lowest BCUT2D eigenvalue weighted by Crippen LogP contribution is -2.26. The van der Waals surface area contributed by atoms with Crippen LogP contribution in [0.5, 0.6) is 0 Å². The first-order chi connectivity index (χ1) is 7.84. The normalized spacial score (nSPS) is 19.9. The highest BCUT2D eigenvalue weighted by Gasteiger charge is 2.23. The zero-order chi connectivity index (χ0) is 11.0. The summed E-state index contributed by atoms with van der Waals surface area (Å²) in [4.78, 5) is 16.5. The smallest absolute Gasteiger partial charge is 0.263 e. The van der Waals surface area contributed by atoms with Crippen LogP contribution < -0.4 is 5.32 Å². The summed E-state index contributed by atoms with van der Waals surface area (Å²) in [6.45, 7) is 3.86. The fraction of sp³-hybridized carbons (Fsp3) is 0.583. The van der Waals surface area contributed by atoms with Crippen molar-refractivity contribution in [3.05, 3.63) is 21.4 Å². The molecule has 16 heavy (non-hydrogen) atoms. The molecule has 0 spiro atoms. The van der Waals surface area contributed by atoms with Gasteiger partial charge in [-0.05, 0) is 30.9 Å². The summed E-state index contributed by atoms with van der Waals surface area (Å²) < 4.78 is 0. The molecule has 2 aliphatic heterocycles. The Morgan fingerprint density at radius 2 is 2.19 bits per heavy atom. The van der Waals surface area contributed by atoms with E-state index in [0.717, 1.165) is 37.5 Å². The van der Waals surface area contributed by atoms with E-state index in [2.05, 4.69) is 11.4 Å². The summed E-state index contributed by atoms with van der Waals surface area (Å²) in [5.41, 5.74) is 1.33. The van der Waals surface area contributed by atoms with E-state index in [1.807, 2.05) is 4.90 Å². The average Bonchev–Trinajstić information content (AvgIpc) is 2.97. The quantitative estimate of drug-likeness (QED) is 0.804. The Hall–Kier alpha value is -0.870. The fourth-order valence-electron chi connectivity index (χ4n) is 2.43. The van der Waals surface area contributed by atoms with Crippen LogP contribution in [0, 0.1) is 0 Å². The van der Waals surface area contributed by atoms with Crippen molar-refractivity contribution in [2.24, 2.45) is 0 Å². The van der Waals surface area contributed by atoms with Gasteiger partial charge in [-0.15, -0.1) is 11.3 Å². The van der Waals surface area contributed by atoms with Crippen LogP contribution in [0.3, 0.4) is 0 Å². The Morgan fingerprint density at radius 1 is 1.38 bits per heavy atom. The number of carbonyl (C=O) groups excluding carboxylic acids is 1. The topological polar surface area (TPSA) is 32.3 Å². The number of hydrogen-bond acceptors (Lipinski definition) is 3. The summed E-state index contributed by atoms with van der Waals surface area (Å²) >= 11 is 1.70. The van der Waals surface area contributed by atoms with Gasteiger partial charge in [0, 0.05) is 31.1 Å². The number of thiophene rings is 1. The lowest BCUT2D eigenvalue weighted by Gasteiger charge is -2.13. The van der Waals surface area contributed by atoms with Crippen molar-refractivity contribution in [3.63, 3.8) is 0 Å². The zero-order valence-corrected chi connectivity index (χ0v) is 10.1. The van der Waals surface area contributed by atoms with E-state index < -0.39 is 0 Å². The van der Waals surface area contributed by atoms with Crippen molar-refractivity contribution >= 4 is 17.2 Å². The molecule has 3 nitrogen and oxygen atoms in total. The molecular weight excluding hydrogens is 220 g/mol. The first kappa shape index (κ1) is 10.3. The number of nitrogens with one attached hydrogen (secondary N) is 1. The van der Waals surface area contributed by atoms with Crippen LogP contribution in [0.2, 0.25) is 0 Å². The molecule has 3 rings (SSSR count). The number of fused-ring (bicyclic) bond motifs is 1. The molecule has 0 aliphatic carbocycles. The Morgan fingerprint density at radius 3 is 2.94 bits per heavy atom. The lowest BCUT2D eigenvalue weighted by molar-refractivity contribution is 0.0797. The van der Waals surface area contributed by atoms with Crippen molar-refractivity contribution in [2.45, 2.75) is 25.8 Å². The van der Waals surface area contributed by atoms with Gasteiger partial charge in [0.05, 0.1) is 4.88 Å². The molecule has 1 fully saturated rings. The van der Waals surface area contributed by atoms with Gasteiger partial charge in [0.2, 0.25) is 0 Å². The second kappa shape index (κ2) is 4.18. The molecule has 86 valence electrons. The highest BCUT2D eigenvalue weighted by Crippen LogP contribution is 2.27. The van der Waals surface area contributed by atoms with Crippen LogP contribution in [0.4, 0.5) is 0 Å². The third kappa shape index (κ3) is 1.76. The van der Waals surface area contributed by atoms with Crippen molar-refractivity contribution in [3.8, 4) is 0 Å². The zero-order valence-electron chi connectivity index (χ0n) is 9.29. The van der Waals surface area contributed by atoms with E-state index in [4.69, 9.17) is 0 Å². The molecule has 1 saturated heterocycles. The number of amides is 1. The second-order valence-electron chi connectivity index (χ2n) is 4.49. The van der Waals surface area contributed by atoms with Gasteiger partial charge in [0.1, 0.15) is 0 Å². The van der Waals surface area contributed by atoms with Gasteiger partial charge in [-0.2, -0.15) is 0 Å². The lowest BCUT2D eigenvalue weighted by atomic mass is 10.1. The number of carbonyl (C=O) groups is 1. The molecule has 0 atom stereocenters. The van der Waals surface area contributed by atoms with Crippen LogP contribution >= 0.6 is 11.3 Å². The van der Waals surface area contributed by atoms with Crippen LogP contribution in [0.25, 0.3) is 0 Å². The monoisotopic (exact) mass is 236 g/mol. The summed E-state index contributed by atoms with van der Waals surface area (Å²) in [7, 11) is 0. The van der Waals surface area contributed by atoms with Gasteiger partial charge >= 0.3 is 0 Å². The molecule has 0 aromatic carbocycles. The molecule has 3 heterocycles. The van der Waals surface area contributed by atoms with Crippen molar-refractivity contribution in [2.75, 3.05) is 19.6 Å². The van der Waals surface area contributed by atoms with Gasteiger partial charge in [-0.1, -0.05) is 0 Å². The van der Waals surface area contributed by atoms with Crippen molar-refractivity contribution in [1.82, 2.24) is 10.2 Å². The number of nitrogens with zero attached hydrogens (tertiary/aromatic N) is 1. The molecular formula is C12H16N2OS. The van der Waals surface area contributed by atoms with Gasteiger partial charge in [-0.25, -0.2) is 0 Å². The first-order valence-corrected chi connectivity index (χ1v) is 6.78. The fourth-order valence-corrected chi connectivity index (χ4v) is 3.58. The molecule has 0 saturated carbocycles. The SMILES string of the molecule is O=C(c1cc2c(s1)CCNC2)N1CCCC1. The summed E-state index contributed by atoms with van der Waals surface area (Å²) in [5.74, 6) is 0.247. The first-order valence-electron chi connectivity index (χ1n) is 5.96. The minimum Gasteiger partial charge on any atom is -0.338 e. The molecule has 0 unspecified atom stereocenters. The second-order valence-corrected chi connectivity index (χ2v) is 5.62. The van der Waals surface area contributed by atoms with E-state index in [0.29, 0.717) is 0 Å². The standard InChI is InChI=1S/C12H16N2OS/c15-12(14-5-1-2-6-14)11-7-9-8-13-4-3-10(9)16-11/h7,13H,1-6,8H2. The highest BCUT2D eigenvalue weighted by atomic mass is 32.1. The minimum absolute atomic E-state index is 0.247.